The van der Waals surface area contributed by atoms with Crippen LogP contribution < -0.4 is 5.32 Å². The summed E-state index contributed by atoms with van der Waals surface area (Å²) in [5, 5.41) is 7.60. The molecule has 1 saturated heterocycles. The van der Waals surface area contributed by atoms with E-state index >= 15 is 0 Å². The van der Waals surface area contributed by atoms with E-state index in [9.17, 15) is 0 Å². The monoisotopic (exact) mass is 532 g/mol. The molecule has 0 amide bonds. The molecular formula is C23H29IN6O. The van der Waals surface area contributed by atoms with Gasteiger partial charge in [0.25, 0.3) is 0 Å². The number of nitrogens with one attached hydrogen (secondary N) is 1. The zero-order valence-corrected chi connectivity index (χ0v) is 20.3. The van der Waals surface area contributed by atoms with Crippen LogP contribution in [0.5, 0.6) is 0 Å². The van der Waals surface area contributed by atoms with Gasteiger partial charge in [-0.25, -0.2) is 14.7 Å². The quantitative estimate of drug-likeness (QED) is 0.308. The molecule has 1 aliphatic rings. The van der Waals surface area contributed by atoms with Crippen molar-refractivity contribution in [3.8, 4) is 5.69 Å². The number of nitrogens with zero attached hydrogens (tertiary/aromatic N) is 5. The van der Waals surface area contributed by atoms with Gasteiger partial charge in [-0.05, 0) is 42.7 Å². The van der Waals surface area contributed by atoms with Gasteiger partial charge in [0.2, 0.25) is 0 Å². The number of hydrogen-bond acceptors (Lipinski definition) is 4. The van der Waals surface area contributed by atoms with Gasteiger partial charge in [-0.1, -0.05) is 36.4 Å². The number of ether oxygens (including phenoxy) is 1. The fraction of sp³-hybridized carbons (Fsp3) is 0.348. The van der Waals surface area contributed by atoms with Gasteiger partial charge in [0.1, 0.15) is 18.8 Å². The van der Waals surface area contributed by atoms with E-state index in [2.05, 4.69) is 70.5 Å². The number of halogens is 1. The van der Waals surface area contributed by atoms with E-state index in [0.29, 0.717) is 13.2 Å². The van der Waals surface area contributed by atoms with Crippen molar-refractivity contribution in [2.24, 2.45) is 4.99 Å². The first-order valence-corrected chi connectivity index (χ1v) is 10.4. The smallest absolute Gasteiger partial charge is 0.194 e. The lowest BCUT2D eigenvalue weighted by Crippen LogP contribution is -2.48. The zero-order valence-electron chi connectivity index (χ0n) is 17.9. The van der Waals surface area contributed by atoms with Crippen molar-refractivity contribution in [2.45, 2.75) is 26.5 Å². The van der Waals surface area contributed by atoms with Gasteiger partial charge in [-0.3, -0.25) is 0 Å². The van der Waals surface area contributed by atoms with Crippen molar-refractivity contribution >= 4 is 29.9 Å². The highest BCUT2D eigenvalue weighted by Crippen LogP contribution is 2.25. The fourth-order valence-corrected chi connectivity index (χ4v) is 3.67. The molecule has 1 aromatic heterocycles. The van der Waals surface area contributed by atoms with E-state index in [1.54, 1.807) is 11.0 Å². The summed E-state index contributed by atoms with van der Waals surface area (Å²) in [6, 6.07) is 16.7. The molecule has 1 aliphatic heterocycles. The summed E-state index contributed by atoms with van der Waals surface area (Å²) < 4.78 is 7.82. The molecule has 4 rings (SSSR count). The molecule has 0 radical (unpaired) electrons. The first kappa shape index (κ1) is 23.2. The summed E-state index contributed by atoms with van der Waals surface area (Å²) in [5.74, 6) is 0.930. The maximum absolute atomic E-state index is 6.08. The molecule has 1 N–H and O–H groups in total. The number of guanidine groups is 1. The van der Waals surface area contributed by atoms with Crippen LogP contribution in [0.3, 0.4) is 0 Å². The normalized spacial score (nSPS) is 16.6. The number of benzene rings is 2. The second kappa shape index (κ2) is 11.2. The van der Waals surface area contributed by atoms with Crippen molar-refractivity contribution in [1.82, 2.24) is 25.0 Å². The molecule has 0 bridgehead atoms. The highest BCUT2D eigenvalue weighted by atomic mass is 127. The fourth-order valence-electron chi connectivity index (χ4n) is 3.67. The summed E-state index contributed by atoms with van der Waals surface area (Å²) in [7, 11) is 0. The molecule has 8 heteroatoms. The zero-order chi connectivity index (χ0) is 20.8. The Hall–Kier alpha value is -2.46. The molecule has 3 aromatic rings. The first-order chi connectivity index (χ1) is 14.7. The second-order valence-corrected chi connectivity index (χ2v) is 7.34. The van der Waals surface area contributed by atoms with E-state index in [-0.39, 0.29) is 30.1 Å². The molecule has 0 saturated carbocycles. The maximum atomic E-state index is 6.08. The second-order valence-electron chi connectivity index (χ2n) is 7.34. The van der Waals surface area contributed by atoms with Crippen LogP contribution in [0.4, 0.5) is 0 Å². The Labute approximate surface area is 200 Å². The van der Waals surface area contributed by atoms with E-state index < -0.39 is 0 Å². The molecule has 31 heavy (non-hydrogen) atoms. The van der Waals surface area contributed by atoms with Crippen LogP contribution in [-0.4, -0.2) is 51.9 Å². The van der Waals surface area contributed by atoms with Gasteiger partial charge < -0.3 is 15.0 Å². The Balaban J connectivity index is 0.00000272. The average Bonchev–Trinajstić information content (AvgIpc) is 3.32. The van der Waals surface area contributed by atoms with Crippen LogP contribution in [0.25, 0.3) is 5.69 Å². The predicted octanol–water partition coefficient (Wildman–Crippen LogP) is 3.73. The van der Waals surface area contributed by atoms with E-state index in [0.717, 1.165) is 36.8 Å². The minimum atomic E-state index is 0. The third-order valence-electron chi connectivity index (χ3n) is 5.27. The summed E-state index contributed by atoms with van der Waals surface area (Å²) in [6.45, 7) is 8.00. The van der Waals surface area contributed by atoms with Gasteiger partial charge in [0.15, 0.2) is 5.96 Å². The minimum Gasteiger partial charge on any atom is -0.370 e. The third kappa shape index (κ3) is 5.82. The topological polar surface area (TPSA) is 67.6 Å². The molecule has 1 atom stereocenters. The standard InChI is InChI=1S/C23H28N6O.HI/c1-3-25-23(26-14-19-8-10-20(11-9-19)29-17-24-16-27-29)28-12-13-30-22(15-28)21-7-5-4-6-18(21)2;/h4-11,16-17,22H,3,12-15H2,1-2H3,(H,25,26);1H. The van der Waals surface area contributed by atoms with E-state index in [1.165, 1.54) is 17.5 Å². The number of morpholine rings is 1. The Bertz CT molecular complexity index is 974. The molecule has 0 aliphatic carbocycles. The number of aromatic nitrogens is 3. The molecule has 2 heterocycles. The summed E-state index contributed by atoms with van der Waals surface area (Å²) in [4.78, 5) is 11.2. The molecule has 0 spiro atoms. The lowest BCUT2D eigenvalue weighted by atomic mass is 10.0. The van der Waals surface area contributed by atoms with Crippen LogP contribution in [0, 0.1) is 6.92 Å². The largest absolute Gasteiger partial charge is 0.370 e. The van der Waals surface area contributed by atoms with Crippen molar-refractivity contribution < 1.29 is 4.74 Å². The molecule has 7 nitrogen and oxygen atoms in total. The Morgan fingerprint density at radius 2 is 2.00 bits per heavy atom. The van der Waals surface area contributed by atoms with Crippen LogP contribution in [0.1, 0.15) is 29.7 Å². The van der Waals surface area contributed by atoms with Gasteiger partial charge >= 0.3 is 0 Å². The van der Waals surface area contributed by atoms with Gasteiger partial charge in [-0.2, -0.15) is 5.10 Å². The summed E-state index contributed by atoms with van der Waals surface area (Å²) in [5.41, 5.74) is 4.65. The first-order valence-electron chi connectivity index (χ1n) is 10.4. The SMILES string of the molecule is CCNC(=NCc1ccc(-n2cncn2)cc1)N1CCOC(c2ccccc2C)C1.I. The van der Waals surface area contributed by atoms with Crippen LogP contribution in [0.2, 0.25) is 0 Å². The Morgan fingerprint density at radius 1 is 1.19 bits per heavy atom. The lowest BCUT2D eigenvalue weighted by molar-refractivity contribution is -0.00834. The van der Waals surface area contributed by atoms with Crippen LogP contribution in [-0.2, 0) is 11.3 Å². The minimum absolute atomic E-state index is 0. The Morgan fingerprint density at radius 3 is 2.71 bits per heavy atom. The van der Waals surface area contributed by atoms with Crippen molar-refractivity contribution in [2.75, 3.05) is 26.2 Å². The number of rotatable bonds is 5. The summed E-state index contributed by atoms with van der Waals surface area (Å²) in [6.07, 6.45) is 3.29. The van der Waals surface area contributed by atoms with Crippen LogP contribution in [0.15, 0.2) is 66.2 Å². The average molecular weight is 532 g/mol. The highest BCUT2D eigenvalue weighted by molar-refractivity contribution is 14.0. The Kier molecular flexibility index (Phi) is 8.42. The van der Waals surface area contributed by atoms with Gasteiger partial charge in [-0.15, -0.1) is 24.0 Å². The van der Waals surface area contributed by atoms with Crippen molar-refractivity contribution in [3.05, 3.63) is 77.9 Å². The lowest BCUT2D eigenvalue weighted by Gasteiger charge is -2.35. The van der Waals surface area contributed by atoms with E-state index in [1.807, 2.05) is 12.1 Å². The maximum Gasteiger partial charge on any atom is 0.194 e. The van der Waals surface area contributed by atoms with Gasteiger partial charge in [0.05, 0.1) is 25.4 Å². The van der Waals surface area contributed by atoms with Gasteiger partial charge in [0, 0.05) is 13.1 Å². The van der Waals surface area contributed by atoms with Crippen LogP contribution >= 0.6 is 24.0 Å². The molecule has 1 unspecified atom stereocenters. The van der Waals surface area contributed by atoms with Crippen molar-refractivity contribution in [3.63, 3.8) is 0 Å². The molecule has 1 fully saturated rings. The predicted molar refractivity (Wildman–Crippen MR) is 133 cm³/mol. The molecular weight excluding hydrogens is 503 g/mol. The van der Waals surface area contributed by atoms with Crippen molar-refractivity contribution in [1.29, 1.82) is 0 Å². The number of aryl methyl sites for hydroxylation is 1. The molecule has 2 aromatic carbocycles. The third-order valence-corrected chi connectivity index (χ3v) is 5.27. The van der Waals surface area contributed by atoms with E-state index in [4.69, 9.17) is 9.73 Å². The summed E-state index contributed by atoms with van der Waals surface area (Å²) >= 11 is 0. The number of aliphatic imine (C=N–C) groups is 1. The highest BCUT2D eigenvalue weighted by Gasteiger charge is 2.25. The number of hydrogen-bond donors (Lipinski definition) is 1. The molecule has 164 valence electrons.